The van der Waals surface area contributed by atoms with Gasteiger partial charge in [-0.25, -0.2) is 4.79 Å². The van der Waals surface area contributed by atoms with Gasteiger partial charge in [-0.3, -0.25) is 0 Å². The van der Waals surface area contributed by atoms with Crippen LogP contribution < -0.4 is 15.4 Å². The van der Waals surface area contributed by atoms with Gasteiger partial charge in [0.2, 0.25) is 0 Å². The summed E-state index contributed by atoms with van der Waals surface area (Å²) in [5, 5.41) is 14.8. The first kappa shape index (κ1) is 15.6. The zero-order valence-corrected chi connectivity index (χ0v) is 12.0. The molecule has 0 radical (unpaired) electrons. The fraction of sp³-hybridized carbons (Fsp3) is 0.462. The molecule has 2 amide bonds. The van der Waals surface area contributed by atoms with Gasteiger partial charge in [-0.05, 0) is 32.4 Å². The van der Waals surface area contributed by atoms with E-state index in [0.717, 1.165) is 0 Å². The van der Waals surface area contributed by atoms with Crippen molar-refractivity contribution in [1.82, 2.24) is 5.32 Å². The molecule has 3 N–H and O–H groups in total. The number of rotatable bonds is 5. The lowest BCUT2D eigenvalue weighted by Crippen LogP contribution is -2.46. The average molecular weight is 287 g/mol. The van der Waals surface area contributed by atoms with Crippen molar-refractivity contribution in [3.8, 4) is 5.75 Å². The van der Waals surface area contributed by atoms with Gasteiger partial charge >= 0.3 is 6.03 Å². The molecule has 106 valence electrons. The van der Waals surface area contributed by atoms with Gasteiger partial charge in [0.25, 0.3) is 0 Å². The number of aliphatic hydroxyl groups is 1. The number of anilines is 1. The number of nitrogens with one attached hydrogen (secondary N) is 2. The van der Waals surface area contributed by atoms with E-state index in [-0.39, 0.29) is 12.6 Å². The summed E-state index contributed by atoms with van der Waals surface area (Å²) in [6, 6.07) is 4.62. The molecule has 0 atom stereocenters. The lowest BCUT2D eigenvalue weighted by Gasteiger charge is -2.25. The molecule has 19 heavy (non-hydrogen) atoms. The van der Waals surface area contributed by atoms with Crippen molar-refractivity contribution >= 4 is 23.3 Å². The number of urea groups is 1. The average Bonchev–Trinajstić information content (AvgIpc) is 2.31. The Morgan fingerprint density at radius 1 is 1.47 bits per heavy atom. The molecule has 0 aromatic heterocycles. The minimum Gasteiger partial charge on any atom is -0.497 e. The van der Waals surface area contributed by atoms with Crippen LogP contribution in [-0.2, 0) is 0 Å². The normalized spacial score (nSPS) is 11.0. The molecule has 0 fully saturated rings. The summed E-state index contributed by atoms with van der Waals surface area (Å²) < 4.78 is 5.07. The van der Waals surface area contributed by atoms with Crippen LogP contribution in [0.1, 0.15) is 20.3 Å². The van der Waals surface area contributed by atoms with E-state index in [0.29, 0.717) is 22.9 Å². The molecule has 0 unspecified atom stereocenters. The summed E-state index contributed by atoms with van der Waals surface area (Å²) in [6.45, 7) is 3.67. The molecule has 1 rings (SSSR count). The summed E-state index contributed by atoms with van der Waals surface area (Å²) in [6.07, 6.45) is 0.465. The van der Waals surface area contributed by atoms with E-state index in [1.807, 2.05) is 13.8 Å². The van der Waals surface area contributed by atoms with Crippen molar-refractivity contribution in [2.75, 3.05) is 19.0 Å². The maximum absolute atomic E-state index is 11.9. The number of amides is 2. The van der Waals surface area contributed by atoms with E-state index in [9.17, 15) is 4.79 Å². The fourth-order valence-electron chi connectivity index (χ4n) is 1.53. The zero-order chi connectivity index (χ0) is 14.5. The van der Waals surface area contributed by atoms with Crippen molar-refractivity contribution in [3.63, 3.8) is 0 Å². The van der Waals surface area contributed by atoms with Gasteiger partial charge in [-0.1, -0.05) is 11.6 Å². The lowest BCUT2D eigenvalue weighted by atomic mass is 10.0. The molecule has 5 nitrogen and oxygen atoms in total. The van der Waals surface area contributed by atoms with E-state index < -0.39 is 5.54 Å². The summed E-state index contributed by atoms with van der Waals surface area (Å²) in [7, 11) is 1.54. The van der Waals surface area contributed by atoms with Crippen LogP contribution in [0, 0.1) is 0 Å². The van der Waals surface area contributed by atoms with Crippen LogP contribution in [0.5, 0.6) is 5.75 Å². The number of carbonyl (C=O) groups is 1. The summed E-state index contributed by atoms with van der Waals surface area (Å²) >= 11 is 5.99. The number of methoxy groups -OCH3 is 1. The fourth-order valence-corrected chi connectivity index (χ4v) is 1.69. The third-order valence-electron chi connectivity index (χ3n) is 2.61. The highest BCUT2D eigenvalue weighted by molar-refractivity contribution is 6.33. The molecule has 0 aliphatic heterocycles. The number of aliphatic hydroxyl groups excluding tert-OH is 1. The Labute approximate surface area is 117 Å². The largest absolute Gasteiger partial charge is 0.497 e. The minimum atomic E-state index is -0.496. The summed E-state index contributed by atoms with van der Waals surface area (Å²) in [4.78, 5) is 11.9. The first-order valence-corrected chi connectivity index (χ1v) is 6.29. The summed E-state index contributed by atoms with van der Waals surface area (Å²) in [5.74, 6) is 0.606. The second kappa shape index (κ2) is 6.63. The molecule has 0 saturated heterocycles. The van der Waals surface area contributed by atoms with Crippen molar-refractivity contribution in [2.45, 2.75) is 25.8 Å². The van der Waals surface area contributed by atoms with Crippen LogP contribution in [0.3, 0.4) is 0 Å². The molecule has 0 saturated carbocycles. The number of hydrogen-bond donors (Lipinski definition) is 3. The highest BCUT2D eigenvalue weighted by Gasteiger charge is 2.20. The molecule has 0 aliphatic rings. The van der Waals surface area contributed by atoms with Crippen LogP contribution in [0.15, 0.2) is 18.2 Å². The van der Waals surface area contributed by atoms with Crippen LogP contribution in [-0.4, -0.2) is 30.4 Å². The first-order valence-electron chi connectivity index (χ1n) is 5.91. The molecule has 6 heteroatoms. The van der Waals surface area contributed by atoms with Crippen molar-refractivity contribution in [1.29, 1.82) is 0 Å². The van der Waals surface area contributed by atoms with Gasteiger partial charge in [-0.15, -0.1) is 0 Å². The second-order valence-corrected chi connectivity index (χ2v) is 5.19. The smallest absolute Gasteiger partial charge is 0.319 e. The second-order valence-electron chi connectivity index (χ2n) is 4.78. The molecule has 0 aliphatic carbocycles. The van der Waals surface area contributed by atoms with Crippen molar-refractivity contribution in [3.05, 3.63) is 23.2 Å². The molecular weight excluding hydrogens is 268 g/mol. The van der Waals surface area contributed by atoms with Gasteiger partial charge in [0, 0.05) is 18.2 Å². The quantitative estimate of drug-likeness (QED) is 0.779. The number of benzene rings is 1. The van der Waals surface area contributed by atoms with E-state index in [1.165, 1.54) is 7.11 Å². The SMILES string of the molecule is COc1ccc(Cl)c(NC(=O)NC(C)(C)CCO)c1. The lowest BCUT2D eigenvalue weighted by molar-refractivity contribution is 0.218. The highest BCUT2D eigenvalue weighted by Crippen LogP contribution is 2.26. The maximum Gasteiger partial charge on any atom is 0.319 e. The van der Waals surface area contributed by atoms with E-state index in [2.05, 4.69) is 10.6 Å². The van der Waals surface area contributed by atoms with E-state index >= 15 is 0 Å². The van der Waals surface area contributed by atoms with Gasteiger partial charge in [-0.2, -0.15) is 0 Å². The highest BCUT2D eigenvalue weighted by atomic mass is 35.5. The third kappa shape index (κ3) is 4.96. The van der Waals surface area contributed by atoms with E-state index in [1.54, 1.807) is 18.2 Å². The van der Waals surface area contributed by atoms with E-state index in [4.69, 9.17) is 21.4 Å². The van der Waals surface area contributed by atoms with Crippen molar-refractivity contribution in [2.24, 2.45) is 0 Å². The molecule has 0 bridgehead atoms. The maximum atomic E-state index is 11.9. The summed E-state index contributed by atoms with van der Waals surface area (Å²) in [5.41, 5.74) is -0.0252. The number of halogens is 1. The topological polar surface area (TPSA) is 70.6 Å². The standard InChI is InChI=1S/C13H19ClN2O3/c1-13(2,6-7-17)16-12(18)15-11-8-9(19-3)4-5-10(11)14/h4-5,8,17H,6-7H2,1-3H3,(H2,15,16,18). The Kier molecular flexibility index (Phi) is 5.44. The van der Waals surface area contributed by atoms with Crippen LogP contribution in [0.4, 0.5) is 10.5 Å². The predicted molar refractivity (Wildman–Crippen MR) is 75.9 cm³/mol. The minimum absolute atomic E-state index is 0.00714. The van der Waals surface area contributed by atoms with Gasteiger partial charge < -0.3 is 20.5 Å². The molecule has 0 heterocycles. The van der Waals surface area contributed by atoms with Crippen LogP contribution >= 0.6 is 11.6 Å². The van der Waals surface area contributed by atoms with Crippen molar-refractivity contribution < 1.29 is 14.6 Å². The number of carbonyl (C=O) groups excluding carboxylic acids is 1. The zero-order valence-electron chi connectivity index (χ0n) is 11.3. The molecule has 1 aromatic rings. The third-order valence-corrected chi connectivity index (χ3v) is 2.94. The number of ether oxygens (including phenoxy) is 1. The molecular formula is C13H19ClN2O3. The van der Waals surface area contributed by atoms with Gasteiger partial charge in [0.1, 0.15) is 5.75 Å². The van der Waals surface area contributed by atoms with Crippen LogP contribution in [0.25, 0.3) is 0 Å². The van der Waals surface area contributed by atoms with Gasteiger partial charge in [0.05, 0.1) is 17.8 Å². The number of hydrogen-bond acceptors (Lipinski definition) is 3. The van der Waals surface area contributed by atoms with Crippen LogP contribution in [0.2, 0.25) is 5.02 Å². The Morgan fingerprint density at radius 2 is 2.16 bits per heavy atom. The monoisotopic (exact) mass is 286 g/mol. The van der Waals surface area contributed by atoms with Gasteiger partial charge in [0.15, 0.2) is 0 Å². The predicted octanol–water partition coefficient (Wildman–Crippen LogP) is 2.63. The molecule has 1 aromatic carbocycles. The Hall–Kier alpha value is -1.46. The Bertz CT molecular complexity index is 450. The molecule has 0 spiro atoms. The first-order chi connectivity index (χ1) is 8.88. The Balaban J connectivity index is 2.71. The Morgan fingerprint density at radius 3 is 2.74 bits per heavy atom.